The molecule has 0 bridgehead atoms. The summed E-state index contributed by atoms with van der Waals surface area (Å²) in [6, 6.07) is 18.8. The van der Waals surface area contributed by atoms with Crippen molar-refractivity contribution in [3.8, 4) is 6.07 Å². The van der Waals surface area contributed by atoms with Crippen molar-refractivity contribution in [2.75, 3.05) is 11.9 Å². The molecule has 2 nitrogen and oxygen atoms in total. The third-order valence-corrected chi connectivity index (χ3v) is 5.84. The molecule has 0 fully saturated rings. The summed E-state index contributed by atoms with van der Waals surface area (Å²) in [4.78, 5) is 1.86. The van der Waals surface area contributed by atoms with Crippen LogP contribution in [0.15, 0.2) is 60.7 Å². The van der Waals surface area contributed by atoms with E-state index in [4.69, 9.17) is 0 Å². The number of halogens is 3. The van der Waals surface area contributed by atoms with E-state index in [0.717, 1.165) is 38.0 Å². The van der Waals surface area contributed by atoms with E-state index in [9.17, 15) is 18.4 Å². The average molecular weight is 382 g/mol. The maximum atomic E-state index is 12.8. The van der Waals surface area contributed by atoms with E-state index in [1.807, 2.05) is 42.3 Å². The number of thiophene rings is 1. The molecule has 0 saturated carbocycles. The van der Waals surface area contributed by atoms with Gasteiger partial charge in [-0.3, -0.25) is 0 Å². The summed E-state index contributed by atoms with van der Waals surface area (Å²) >= 11 is 1.53. The maximum Gasteiger partial charge on any atom is 0.416 e. The molecule has 0 atom stereocenters. The van der Waals surface area contributed by atoms with Crippen LogP contribution in [0.5, 0.6) is 0 Å². The van der Waals surface area contributed by atoms with Gasteiger partial charge in [0.05, 0.1) is 26.2 Å². The van der Waals surface area contributed by atoms with Crippen molar-refractivity contribution in [2.45, 2.75) is 6.18 Å². The van der Waals surface area contributed by atoms with Crippen molar-refractivity contribution in [3.63, 3.8) is 0 Å². The Morgan fingerprint density at radius 1 is 0.889 bits per heavy atom. The second-order valence-electron chi connectivity index (χ2n) is 6.15. The van der Waals surface area contributed by atoms with Crippen LogP contribution in [0.3, 0.4) is 0 Å². The number of nitrogens with zero attached hydrogens (tertiary/aromatic N) is 2. The number of hydrogen-bond donors (Lipinski definition) is 0. The SMILES string of the molecule is CN(c1ccc(C(F)(F)F)cc1)c1cccc2c1sc1c(C#N)cccc12. The Balaban J connectivity index is 1.85. The lowest BCUT2D eigenvalue weighted by molar-refractivity contribution is -0.137. The molecule has 0 N–H and O–H groups in total. The quantitative estimate of drug-likeness (QED) is 0.385. The van der Waals surface area contributed by atoms with Gasteiger partial charge in [0.15, 0.2) is 0 Å². The fraction of sp³-hybridized carbons (Fsp3) is 0.0952. The highest BCUT2D eigenvalue weighted by atomic mass is 32.1. The molecule has 0 saturated heterocycles. The summed E-state index contributed by atoms with van der Waals surface area (Å²) in [5.41, 5.74) is 1.50. The molecule has 134 valence electrons. The van der Waals surface area contributed by atoms with E-state index < -0.39 is 11.7 Å². The second-order valence-corrected chi connectivity index (χ2v) is 7.17. The van der Waals surface area contributed by atoms with Gasteiger partial charge in [0, 0.05) is 23.5 Å². The highest BCUT2D eigenvalue weighted by Crippen LogP contribution is 2.42. The second kappa shape index (κ2) is 6.29. The molecular formula is C21H13F3N2S. The van der Waals surface area contributed by atoms with Crippen LogP contribution in [0.25, 0.3) is 20.2 Å². The molecule has 0 spiro atoms. The van der Waals surface area contributed by atoms with Crippen LogP contribution in [-0.2, 0) is 6.18 Å². The standard InChI is InChI=1S/C21H13F3N2S/c1-26(15-10-8-14(9-11-15)21(22,23)24)18-7-3-6-17-16-5-2-4-13(12-25)19(16)27-20(17)18/h2-11H,1H3. The van der Waals surface area contributed by atoms with Crippen LogP contribution in [0.2, 0.25) is 0 Å². The lowest BCUT2D eigenvalue weighted by atomic mass is 10.1. The summed E-state index contributed by atoms with van der Waals surface area (Å²) in [6.45, 7) is 0. The molecule has 3 aromatic carbocycles. The van der Waals surface area contributed by atoms with E-state index in [1.165, 1.54) is 23.5 Å². The fourth-order valence-electron chi connectivity index (χ4n) is 3.17. The van der Waals surface area contributed by atoms with Gasteiger partial charge in [-0.15, -0.1) is 11.3 Å². The predicted octanol–water partition coefficient (Wildman–Crippen LogP) is 6.71. The highest BCUT2D eigenvalue weighted by Gasteiger charge is 2.30. The molecule has 0 unspecified atom stereocenters. The molecule has 27 heavy (non-hydrogen) atoms. The molecule has 4 rings (SSSR count). The number of alkyl halides is 3. The third kappa shape index (κ3) is 2.90. The predicted molar refractivity (Wildman–Crippen MR) is 104 cm³/mol. The van der Waals surface area contributed by atoms with Crippen molar-refractivity contribution in [1.29, 1.82) is 5.26 Å². The molecule has 0 aliphatic carbocycles. The van der Waals surface area contributed by atoms with Gasteiger partial charge in [0.25, 0.3) is 0 Å². The number of rotatable bonds is 2. The van der Waals surface area contributed by atoms with Gasteiger partial charge in [0.2, 0.25) is 0 Å². The number of nitriles is 1. The summed E-state index contributed by atoms with van der Waals surface area (Å²) < 4.78 is 40.3. The maximum absolute atomic E-state index is 12.8. The van der Waals surface area contributed by atoms with Crippen molar-refractivity contribution in [2.24, 2.45) is 0 Å². The minimum absolute atomic E-state index is 0.622. The number of anilines is 2. The molecule has 6 heteroatoms. The van der Waals surface area contributed by atoms with Crippen molar-refractivity contribution >= 4 is 42.9 Å². The zero-order valence-electron chi connectivity index (χ0n) is 14.2. The smallest absolute Gasteiger partial charge is 0.343 e. The zero-order chi connectivity index (χ0) is 19.2. The normalized spacial score (nSPS) is 11.7. The van der Waals surface area contributed by atoms with E-state index in [1.54, 1.807) is 6.07 Å². The zero-order valence-corrected chi connectivity index (χ0v) is 15.0. The molecule has 0 aliphatic heterocycles. The van der Waals surface area contributed by atoms with Crippen LogP contribution < -0.4 is 4.90 Å². The lowest BCUT2D eigenvalue weighted by Crippen LogP contribution is -2.10. The Bertz CT molecular complexity index is 1180. The van der Waals surface area contributed by atoms with Gasteiger partial charge >= 0.3 is 6.18 Å². The largest absolute Gasteiger partial charge is 0.416 e. The molecule has 0 radical (unpaired) electrons. The fourth-order valence-corrected chi connectivity index (χ4v) is 4.48. The first-order valence-corrected chi connectivity index (χ1v) is 8.97. The van der Waals surface area contributed by atoms with E-state index in [0.29, 0.717) is 11.3 Å². The Morgan fingerprint density at radius 3 is 2.15 bits per heavy atom. The summed E-state index contributed by atoms with van der Waals surface area (Å²) in [7, 11) is 1.83. The molecule has 1 aromatic heterocycles. The van der Waals surface area contributed by atoms with Crippen molar-refractivity contribution in [3.05, 3.63) is 71.8 Å². The van der Waals surface area contributed by atoms with E-state index >= 15 is 0 Å². The summed E-state index contributed by atoms with van der Waals surface area (Å²) in [5.74, 6) is 0. The van der Waals surface area contributed by atoms with Gasteiger partial charge in [-0.05, 0) is 36.4 Å². The number of fused-ring (bicyclic) bond motifs is 3. The Labute approximate surface area is 157 Å². The Morgan fingerprint density at radius 2 is 1.52 bits per heavy atom. The minimum atomic E-state index is -4.35. The van der Waals surface area contributed by atoms with Crippen LogP contribution in [0.1, 0.15) is 11.1 Å². The third-order valence-electron chi connectivity index (χ3n) is 4.57. The lowest BCUT2D eigenvalue weighted by Gasteiger charge is -2.21. The first-order valence-electron chi connectivity index (χ1n) is 8.15. The van der Waals surface area contributed by atoms with Gasteiger partial charge in [0.1, 0.15) is 6.07 Å². The van der Waals surface area contributed by atoms with Gasteiger partial charge in [-0.25, -0.2) is 0 Å². The monoisotopic (exact) mass is 382 g/mol. The van der Waals surface area contributed by atoms with Crippen molar-refractivity contribution < 1.29 is 13.2 Å². The van der Waals surface area contributed by atoms with E-state index in [2.05, 4.69) is 6.07 Å². The molecule has 0 aliphatic rings. The molecule has 1 heterocycles. The number of benzene rings is 3. The molecule has 0 amide bonds. The van der Waals surface area contributed by atoms with Crippen molar-refractivity contribution in [1.82, 2.24) is 0 Å². The minimum Gasteiger partial charge on any atom is -0.343 e. The van der Waals surface area contributed by atoms with Gasteiger partial charge < -0.3 is 4.90 Å². The number of hydrogen-bond acceptors (Lipinski definition) is 3. The average Bonchev–Trinajstić information content (AvgIpc) is 3.05. The van der Waals surface area contributed by atoms with Crippen LogP contribution >= 0.6 is 11.3 Å². The molecule has 4 aromatic rings. The van der Waals surface area contributed by atoms with Gasteiger partial charge in [-0.2, -0.15) is 18.4 Å². The van der Waals surface area contributed by atoms with Crippen LogP contribution in [-0.4, -0.2) is 7.05 Å². The first-order chi connectivity index (χ1) is 12.9. The Kier molecular flexibility index (Phi) is 4.05. The summed E-state index contributed by atoms with van der Waals surface area (Å²) in [6.07, 6.45) is -4.35. The van der Waals surface area contributed by atoms with Gasteiger partial charge in [-0.1, -0.05) is 24.3 Å². The van der Waals surface area contributed by atoms with E-state index in [-0.39, 0.29) is 0 Å². The summed E-state index contributed by atoms with van der Waals surface area (Å²) in [5, 5.41) is 11.4. The first kappa shape index (κ1) is 17.4. The Hall–Kier alpha value is -3.04. The molecular weight excluding hydrogens is 369 g/mol. The van der Waals surface area contributed by atoms with Crippen LogP contribution in [0, 0.1) is 11.3 Å². The van der Waals surface area contributed by atoms with Crippen LogP contribution in [0.4, 0.5) is 24.5 Å². The highest BCUT2D eigenvalue weighted by molar-refractivity contribution is 7.26. The topological polar surface area (TPSA) is 27.0 Å².